The molecule has 3 rings (SSSR count). The molecule has 3 N–H and O–H groups in total. The van der Waals surface area contributed by atoms with Crippen LogP contribution < -0.4 is 20.9 Å². The van der Waals surface area contributed by atoms with Crippen LogP contribution in [0.2, 0.25) is 5.02 Å². The van der Waals surface area contributed by atoms with Crippen molar-refractivity contribution < 1.29 is 9.59 Å². The summed E-state index contributed by atoms with van der Waals surface area (Å²) in [6, 6.07) is 14.9. The van der Waals surface area contributed by atoms with Crippen LogP contribution in [0.5, 0.6) is 0 Å². The molecule has 7 nitrogen and oxygen atoms in total. The Bertz CT molecular complexity index is 930. The monoisotopic (exact) mass is 441 g/mol. The number of nitrogens with zero attached hydrogens (tertiary/aromatic N) is 2. The van der Waals surface area contributed by atoms with Crippen molar-refractivity contribution >= 4 is 35.1 Å². The maximum Gasteiger partial charge on any atom is 0.252 e. The molecule has 2 aromatic carbocycles. The Balaban J connectivity index is 1.48. The van der Waals surface area contributed by atoms with E-state index in [1.807, 2.05) is 36.1 Å². The van der Waals surface area contributed by atoms with E-state index < -0.39 is 0 Å². The first kappa shape index (κ1) is 22.6. The summed E-state index contributed by atoms with van der Waals surface area (Å²) in [5, 5.41) is 9.69. The maximum atomic E-state index is 12.2. The lowest BCUT2D eigenvalue weighted by atomic mass is 10.2. The minimum Gasteiger partial charge on any atom is -0.357 e. The fraction of sp³-hybridized carbons (Fsp3) is 0.348. The van der Waals surface area contributed by atoms with Crippen LogP contribution in [0, 0.1) is 0 Å². The van der Waals surface area contributed by atoms with Gasteiger partial charge in [0.2, 0.25) is 5.91 Å². The Morgan fingerprint density at radius 3 is 2.48 bits per heavy atom. The van der Waals surface area contributed by atoms with Crippen molar-refractivity contribution in [2.75, 3.05) is 31.1 Å². The van der Waals surface area contributed by atoms with Crippen LogP contribution in [-0.2, 0) is 11.3 Å². The number of guanidine groups is 1. The second-order valence-electron chi connectivity index (χ2n) is 7.17. The van der Waals surface area contributed by atoms with E-state index in [0.717, 1.165) is 30.8 Å². The van der Waals surface area contributed by atoms with Gasteiger partial charge < -0.3 is 20.9 Å². The quantitative estimate of drug-likeness (QED) is 0.334. The molecule has 31 heavy (non-hydrogen) atoms. The molecule has 0 atom stereocenters. The summed E-state index contributed by atoms with van der Waals surface area (Å²) in [6.07, 6.45) is 1.55. The fourth-order valence-electron chi connectivity index (χ4n) is 3.31. The van der Waals surface area contributed by atoms with Gasteiger partial charge in [0, 0.05) is 38.3 Å². The van der Waals surface area contributed by atoms with Crippen molar-refractivity contribution in [1.29, 1.82) is 0 Å². The highest BCUT2D eigenvalue weighted by atomic mass is 35.5. The van der Waals surface area contributed by atoms with E-state index in [2.05, 4.69) is 20.9 Å². The third kappa shape index (κ3) is 6.46. The normalized spacial score (nSPS) is 13.9. The zero-order valence-electron chi connectivity index (χ0n) is 17.7. The molecule has 2 aromatic rings. The molecule has 2 amide bonds. The molecular weight excluding hydrogens is 414 g/mol. The first-order chi connectivity index (χ1) is 15.1. The van der Waals surface area contributed by atoms with Crippen molar-refractivity contribution in [2.24, 2.45) is 4.99 Å². The van der Waals surface area contributed by atoms with Crippen molar-refractivity contribution in [3.63, 3.8) is 0 Å². The topological polar surface area (TPSA) is 85.8 Å². The number of benzene rings is 2. The summed E-state index contributed by atoms with van der Waals surface area (Å²) in [5.41, 5.74) is 2.46. The smallest absolute Gasteiger partial charge is 0.252 e. The van der Waals surface area contributed by atoms with Gasteiger partial charge in [0.1, 0.15) is 0 Å². The fourth-order valence-corrected chi connectivity index (χ4v) is 3.53. The van der Waals surface area contributed by atoms with Gasteiger partial charge in [-0.25, -0.2) is 4.99 Å². The van der Waals surface area contributed by atoms with Crippen LogP contribution in [0.4, 0.5) is 5.69 Å². The second-order valence-corrected chi connectivity index (χ2v) is 7.58. The molecule has 0 spiro atoms. The van der Waals surface area contributed by atoms with Crippen molar-refractivity contribution in [1.82, 2.24) is 16.0 Å². The Morgan fingerprint density at radius 2 is 1.81 bits per heavy atom. The summed E-state index contributed by atoms with van der Waals surface area (Å²) < 4.78 is 0. The van der Waals surface area contributed by atoms with E-state index in [4.69, 9.17) is 11.6 Å². The molecule has 0 bridgehead atoms. The summed E-state index contributed by atoms with van der Waals surface area (Å²) in [6.45, 7) is 4.99. The van der Waals surface area contributed by atoms with Gasteiger partial charge in [0.05, 0.1) is 17.1 Å². The van der Waals surface area contributed by atoms with Crippen LogP contribution in [0.15, 0.2) is 53.5 Å². The van der Waals surface area contributed by atoms with E-state index in [1.54, 1.807) is 24.3 Å². The number of anilines is 1. The van der Waals surface area contributed by atoms with E-state index in [9.17, 15) is 9.59 Å². The Labute approximate surface area is 187 Å². The number of aliphatic imine (C=N–C) groups is 1. The van der Waals surface area contributed by atoms with Crippen LogP contribution in [0.1, 0.15) is 35.7 Å². The highest BCUT2D eigenvalue weighted by Gasteiger charge is 2.21. The SMILES string of the molecule is CCNC(=NCc1ccc(N2CCCC2=O)cc1)NCCNC(=O)c1ccccc1Cl. The summed E-state index contributed by atoms with van der Waals surface area (Å²) in [4.78, 5) is 30.5. The number of carbonyl (C=O) groups is 2. The van der Waals surface area contributed by atoms with Gasteiger partial charge in [-0.3, -0.25) is 9.59 Å². The minimum atomic E-state index is -0.203. The molecule has 1 aliphatic rings. The van der Waals surface area contributed by atoms with E-state index >= 15 is 0 Å². The van der Waals surface area contributed by atoms with Crippen LogP contribution in [0.25, 0.3) is 0 Å². The highest BCUT2D eigenvalue weighted by Crippen LogP contribution is 2.21. The average Bonchev–Trinajstić information content (AvgIpc) is 3.21. The van der Waals surface area contributed by atoms with Gasteiger partial charge in [-0.05, 0) is 43.2 Å². The number of rotatable bonds is 8. The number of halogens is 1. The lowest BCUT2D eigenvalue weighted by Gasteiger charge is -2.16. The van der Waals surface area contributed by atoms with Crippen molar-refractivity contribution in [3.05, 3.63) is 64.7 Å². The molecule has 0 aromatic heterocycles. The van der Waals surface area contributed by atoms with Gasteiger partial charge in [-0.15, -0.1) is 0 Å². The zero-order valence-corrected chi connectivity index (χ0v) is 18.4. The molecule has 164 valence electrons. The molecule has 1 saturated heterocycles. The highest BCUT2D eigenvalue weighted by molar-refractivity contribution is 6.33. The molecule has 8 heteroatoms. The Kier molecular flexibility index (Phi) is 8.29. The average molecular weight is 442 g/mol. The molecule has 0 radical (unpaired) electrons. The molecule has 0 saturated carbocycles. The van der Waals surface area contributed by atoms with Crippen molar-refractivity contribution in [3.8, 4) is 0 Å². The maximum absolute atomic E-state index is 12.2. The van der Waals surface area contributed by atoms with Crippen LogP contribution >= 0.6 is 11.6 Å². The van der Waals surface area contributed by atoms with Gasteiger partial charge in [-0.2, -0.15) is 0 Å². The number of nitrogens with one attached hydrogen (secondary N) is 3. The molecule has 1 fully saturated rings. The van der Waals surface area contributed by atoms with Gasteiger partial charge >= 0.3 is 0 Å². The Hall–Kier alpha value is -3.06. The second kappa shape index (κ2) is 11.4. The minimum absolute atomic E-state index is 0.186. The Morgan fingerprint density at radius 1 is 1.06 bits per heavy atom. The van der Waals surface area contributed by atoms with Crippen molar-refractivity contribution in [2.45, 2.75) is 26.3 Å². The number of hydrogen-bond acceptors (Lipinski definition) is 3. The molecule has 0 aliphatic carbocycles. The lowest BCUT2D eigenvalue weighted by Crippen LogP contribution is -2.41. The predicted octanol–water partition coefficient (Wildman–Crippen LogP) is 2.95. The van der Waals surface area contributed by atoms with Crippen LogP contribution in [0.3, 0.4) is 0 Å². The van der Waals surface area contributed by atoms with Gasteiger partial charge in [0.15, 0.2) is 5.96 Å². The van der Waals surface area contributed by atoms with E-state index in [1.165, 1.54) is 0 Å². The standard InChI is InChI=1S/C23H28ClN5O2/c1-2-25-23(27-14-13-26-22(31)19-6-3-4-7-20(19)24)28-16-17-9-11-18(12-10-17)29-15-5-8-21(29)30/h3-4,6-7,9-12H,2,5,8,13-16H2,1H3,(H,26,31)(H2,25,27,28). The van der Waals surface area contributed by atoms with Crippen LogP contribution in [-0.4, -0.2) is 44.0 Å². The van der Waals surface area contributed by atoms with E-state index in [-0.39, 0.29) is 11.8 Å². The number of amides is 2. The summed E-state index contributed by atoms with van der Waals surface area (Å²) in [7, 11) is 0. The van der Waals surface area contributed by atoms with Gasteiger partial charge in [0.25, 0.3) is 5.91 Å². The molecule has 1 aliphatic heterocycles. The van der Waals surface area contributed by atoms with E-state index in [0.29, 0.717) is 42.6 Å². The zero-order chi connectivity index (χ0) is 22.1. The first-order valence-corrected chi connectivity index (χ1v) is 10.9. The molecule has 0 unspecified atom stereocenters. The summed E-state index contributed by atoms with van der Waals surface area (Å²) in [5.74, 6) is 0.658. The molecular formula is C23H28ClN5O2. The summed E-state index contributed by atoms with van der Waals surface area (Å²) >= 11 is 6.05. The first-order valence-electron chi connectivity index (χ1n) is 10.5. The third-order valence-electron chi connectivity index (χ3n) is 4.91. The lowest BCUT2D eigenvalue weighted by molar-refractivity contribution is -0.117. The third-order valence-corrected chi connectivity index (χ3v) is 5.24. The number of carbonyl (C=O) groups excluding carboxylic acids is 2. The predicted molar refractivity (Wildman–Crippen MR) is 125 cm³/mol. The molecule has 1 heterocycles. The largest absolute Gasteiger partial charge is 0.357 e. The van der Waals surface area contributed by atoms with Gasteiger partial charge in [-0.1, -0.05) is 35.9 Å². The number of hydrogen-bond donors (Lipinski definition) is 3.